The number of rotatable bonds is 2. The first kappa shape index (κ1) is 9.81. The van der Waals surface area contributed by atoms with Crippen LogP contribution in [0.4, 0.5) is 0 Å². The van der Waals surface area contributed by atoms with Crippen molar-refractivity contribution < 1.29 is 0 Å². The van der Waals surface area contributed by atoms with E-state index in [9.17, 15) is 0 Å². The van der Waals surface area contributed by atoms with E-state index in [1.807, 2.05) is 0 Å². The standard InChI is InChI=1S/2C7H11.Sb.H/c2*1-2-7-4-3-6(1)5-7;;/h2*1,6-7H,2-5H2;;. The summed E-state index contributed by atoms with van der Waals surface area (Å²) < 4.78 is 2.69. The fourth-order valence-corrected chi connectivity index (χ4v) is 12.7. The van der Waals surface area contributed by atoms with E-state index in [0.29, 0.717) is 0 Å². The summed E-state index contributed by atoms with van der Waals surface area (Å²) in [6, 6.07) is 0. The van der Waals surface area contributed by atoms with Crippen LogP contribution in [0.15, 0.2) is 0 Å². The predicted molar refractivity (Wildman–Crippen MR) is 65.5 cm³/mol. The van der Waals surface area contributed by atoms with Crippen LogP contribution in [-0.4, -0.2) is 21.6 Å². The van der Waals surface area contributed by atoms with E-state index in [4.69, 9.17) is 0 Å². The van der Waals surface area contributed by atoms with Gasteiger partial charge in [-0.2, -0.15) is 0 Å². The predicted octanol–water partition coefficient (Wildman–Crippen LogP) is 3.64. The third kappa shape index (κ3) is 1.62. The van der Waals surface area contributed by atoms with Crippen molar-refractivity contribution in [1.82, 2.24) is 0 Å². The molecule has 4 aliphatic rings. The van der Waals surface area contributed by atoms with Gasteiger partial charge in [0.15, 0.2) is 0 Å². The van der Waals surface area contributed by atoms with Gasteiger partial charge in [0.05, 0.1) is 0 Å². The molecular weight excluding hydrogens is 290 g/mol. The zero-order valence-corrected chi connectivity index (χ0v) is 12.5. The Morgan fingerprint density at radius 1 is 0.600 bits per heavy atom. The first-order chi connectivity index (χ1) is 7.38. The summed E-state index contributed by atoms with van der Waals surface area (Å²) in [7, 11) is 0. The maximum atomic E-state index is 1.70. The molecule has 84 valence electrons. The van der Waals surface area contributed by atoms with Crippen LogP contribution in [0.25, 0.3) is 0 Å². The summed E-state index contributed by atoms with van der Waals surface area (Å²) in [5, 5.41) is 0. The third-order valence-electron chi connectivity index (χ3n) is 5.90. The molecule has 15 heavy (non-hydrogen) atoms. The molecule has 0 N–H and O–H groups in total. The molecular formula is C14H23Sb. The molecule has 0 saturated heterocycles. The van der Waals surface area contributed by atoms with E-state index >= 15 is 0 Å². The van der Waals surface area contributed by atoms with Gasteiger partial charge in [-0.25, -0.2) is 0 Å². The SMILES string of the molecule is C1CC2CC1C[CH]2[SbH][CH]1CC2CCC1C2. The Kier molecular flexibility index (Phi) is 2.39. The Morgan fingerprint density at radius 2 is 1.13 bits per heavy atom. The molecule has 0 nitrogen and oxygen atoms in total. The number of hydrogen-bond acceptors (Lipinski definition) is 0. The first-order valence-electron chi connectivity index (χ1n) is 7.14. The molecule has 4 rings (SSSR count). The molecule has 4 bridgehead atoms. The fraction of sp³-hybridized carbons (Fsp3) is 1.00. The van der Waals surface area contributed by atoms with Gasteiger partial charge < -0.3 is 0 Å². The van der Waals surface area contributed by atoms with Gasteiger partial charge in [0.25, 0.3) is 0 Å². The Hall–Kier alpha value is 0.818. The maximum absolute atomic E-state index is 1.70. The van der Waals surface area contributed by atoms with Crippen molar-refractivity contribution in [3.63, 3.8) is 0 Å². The second-order valence-corrected chi connectivity index (χ2v) is 11.9. The van der Waals surface area contributed by atoms with Crippen molar-refractivity contribution >= 4 is 21.6 Å². The van der Waals surface area contributed by atoms with E-state index in [1.165, 1.54) is 31.4 Å². The van der Waals surface area contributed by atoms with Gasteiger partial charge in [-0.1, -0.05) is 0 Å². The molecule has 0 spiro atoms. The minimum atomic E-state index is 0.00958. The zero-order chi connectivity index (χ0) is 9.83. The van der Waals surface area contributed by atoms with Gasteiger partial charge in [0.1, 0.15) is 0 Å². The van der Waals surface area contributed by atoms with Crippen molar-refractivity contribution in [2.75, 3.05) is 0 Å². The molecule has 4 aliphatic carbocycles. The summed E-state index contributed by atoms with van der Waals surface area (Å²) in [6.07, 6.45) is 13.2. The van der Waals surface area contributed by atoms with Crippen molar-refractivity contribution in [1.29, 1.82) is 0 Å². The van der Waals surface area contributed by atoms with Crippen molar-refractivity contribution in [3.05, 3.63) is 0 Å². The van der Waals surface area contributed by atoms with E-state index in [1.54, 1.807) is 51.4 Å². The van der Waals surface area contributed by atoms with Crippen LogP contribution in [0.3, 0.4) is 0 Å². The second kappa shape index (κ2) is 3.66. The Morgan fingerprint density at radius 3 is 1.47 bits per heavy atom. The topological polar surface area (TPSA) is 0 Å². The van der Waals surface area contributed by atoms with E-state index in [0.717, 1.165) is 0 Å². The van der Waals surface area contributed by atoms with Crippen LogP contribution in [-0.2, 0) is 0 Å². The molecule has 0 aliphatic heterocycles. The van der Waals surface area contributed by atoms with Crippen LogP contribution in [0, 0.1) is 23.7 Å². The average Bonchev–Trinajstić information content (AvgIpc) is 2.96. The molecule has 4 fully saturated rings. The normalized spacial score (nSPS) is 56.8. The second-order valence-electron chi connectivity index (χ2n) is 6.73. The molecule has 6 atom stereocenters. The van der Waals surface area contributed by atoms with E-state index in [-0.39, 0.29) is 21.6 Å². The van der Waals surface area contributed by atoms with Gasteiger partial charge in [-0.15, -0.1) is 0 Å². The number of hydrogen-bond donors (Lipinski definition) is 0. The third-order valence-corrected chi connectivity index (χ3v) is 12.4. The Bertz CT molecular complexity index is 236. The summed E-state index contributed by atoms with van der Waals surface area (Å²) in [4.78, 5) is 0. The van der Waals surface area contributed by atoms with Crippen LogP contribution in [0.1, 0.15) is 51.4 Å². The molecule has 0 aromatic rings. The van der Waals surface area contributed by atoms with Crippen LogP contribution in [0.2, 0.25) is 7.73 Å². The van der Waals surface area contributed by atoms with Crippen molar-refractivity contribution in [3.8, 4) is 0 Å². The van der Waals surface area contributed by atoms with Crippen LogP contribution in [0.5, 0.6) is 0 Å². The fourth-order valence-electron chi connectivity index (χ4n) is 5.17. The van der Waals surface area contributed by atoms with Crippen LogP contribution >= 0.6 is 0 Å². The van der Waals surface area contributed by atoms with E-state index in [2.05, 4.69) is 0 Å². The van der Waals surface area contributed by atoms with Gasteiger partial charge in [0.2, 0.25) is 0 Å². The molecule has 6 unspecified atom stereocenters. The summed E-state index contributed by atoms with van der Waals surface area (Å²) >= 11 is 0.00958. The van der Waals surface area contributed by atoms with Gasteiger partial charge in [0, 0.05) is 0 Å². The summed E-state index contributed by atoms with van der Waals surface area (Å²) in [5.41, 5.74) is 0. The molecule has 0 heterocycles. The Labute approximate surface area is 104 Å². The van der Waals surface area contributed by atoms with Gasteiger partial charge in [-0.3, -0.25) is 0 Å². The molecule has 0 amide bonds. The molecule has 0 aromatic carbocycles. The van der Waals surface area contributed by atoms with E-state index < -0.39 is 0 Å². The molecule has 1 heteroatoms. The first-order valence-corrected chi connectivity index (χ1v) is 10.4. The number of fused-ring (bicyclic) bond motifs is 4. The minimum absolute atomic E-state index is 0.00958. The molecule has 0 aromatic heterocycles. The monoisotopic (exact) mass is 312 g/mol. The quantitative estimate of drug-likeness (QED) is 0.683. The zero-order valence-electron chi connectivity index (χ0n) is 9.62. The van der Waals surface area contributed by atoms with Crippen molar-refractivity contribution in [2.45, 2.75) is 59.1 Å². The summed E-state index contributed by atoms with van der Waals surface area (Å²) in [5.74, 6) is 4.92. The van der Waals surface area contributed by atoms with Gasteiger partial charge >= 0.3 is 104 Å². The van der Waals surface area contributed by atoms with Gasteiger partial charge in [-0.05, 0) is 0 Å². The Balaban J connectivity index is 1.40. The molecule has 0 radical (unpaired) electrons. The summed E-state index contributed by atoms with van der Waals surface area (Å²) in [6.45, 7) is 0. The van der Waals surface area contributed by atoms with Crippen LogP contribution < -0.4 is 0 Å². The average molecular weight is 313 g/mol. The molecule has 4 saturated carbocycles. The van der Waals surface area contributed by atoms with Crippen molar-refractivity contribution in [2.24, 2.45) is 23.7 Å².